The van der Waals surface area contributed by atoms with Gasteiger partial charge in [0, 0.05) is 25.3 Å². The van der Waals surface area contributed by atoms with Crippen molar-refractivity contribution in [3.05, 3.63) is 44.6 Å². The number of carbonyl (C=O) groups excluding carboxylic acids is 1. The van der Waals surface area contributed by atoms with Gasteiger partial charge in [-0.3, -0.25) is 14.8 Å². The van der Waals surface area contributed by atoms with Gasteiger partial charge in [-0.15, -0.1) is 0 Å². The Labute approximate surface area is 150 Å². The molecule has 1 aromatic heterocycles. The number of aromatic amines is 1. The molecule has 3 rings (SSSR count). The molecule has 0 atom stereocenters. The van der Waals surface area contributed by atoms with Gasteiger partial charge in [0.1, 0.15) is 4.60 Å². The molecule has 0 unspecified atom stereocenters. The molecule has 0 aliphatic carbocycles. The minimum atomic E-state index is -0.262. The molecule has 0 saturated carbocycles. The van der Waals surface area contributed by atoms with Gasteiger partial charge >= 0.3 is 0 Å². The number of hydrogen-bond acceptors (Lipinski definition) is 4. The molecule has 1 fully saturated rings. The Balaban J connectivity index is 1.67. The van der Waals surface area contributed by atoms with Crippen LogP contribution in [0.25, 0.3) is 0 Å². The lowest BCUT2D eigenvalue weighted by Gasteiger charge is -2.26. The summed E-state index contributed by atoms with van der Waals surface area (Å²) in [6.07, 6.45) is 0. The Morgan fingerprint density at radius 2 is 2.13 bits per heavy atom. The Kier molecular flexibility index (Phi) is 5.47. The average molecular weight is 444 g/mol. The summed E-state index contributed by atoms with van der Waals surface area (Å²) in [6.45, 7) is 4.28. The van der Waals surface area contributed by atoms with E-state index in [1.54, 1.807) is 0 Å². The SMILES string of the molecule is O=C(Nc1cccc(CN2CCOCC2)c1)c1n[nH]c(Br)c1Br. The van der Waals surface area contributed by atoms with E-state index in [1.165, 1.54) is 0 Å². The lowest BCUT2D eigenvalue weighted by atomic mass is 10.1. The van der Waals surface area contributed by atoms with E-state index in [9.17, 15) is 4.79 Å². The van der Waals surface area contributed by atoms with E-state index >= 15 is 0 Å². The molecule has 2 heterocycles. The Morgan fingerprint density at radius 1 is 1.35 bits per heavy atom. The van der Waals surface area contributed by atoms with Gasteiger partial charge < -0.3 is 10.1 Å². The molecule has 0 radical (unpaired) electrons. The first-order valence-corrected chi connectivity index (χ1v) is 8.82. The monoisotopic (exact) mass is 442 g/mol. The number of nitrogens with one attached hydrogen (secondary N) is 2. The van der Waals surface area contributed by atoms with Gasteiger partial charge in [-0.1, -0.05) is 12.1 Å². The fraction of sp³-hybridized carbons (Fsp3) is 0.333. The molecule has 2 aromatic rings. The number of aromatic nitrogens is 2. The molecule has 1 aliphatic heterocycles. The van der Waals surface area contributed by atoms with Gasteiger partial charge in [0.15, 0.2) is 5.69 Å². The van der Waals surface area contributed by atoms with Crippen molar-refractivity contribution in [1.29, 1.82) is 0 Å². The van der Waals surface area contributed by atoms with Crippen molar-refractivity contribution in [3.63, 3.8) is 0 Å². The van der Waals surface area contributed by atoms with Gasteiger partial charge in [0.25, 0.3) is 5.91 Å². The van der Waals surface area contributed by atoms with E-state index < -0.39 is 0 Å². The number of hydrogen-bond donors (Lipinski definition) is 2. The van der Waals surface area contributed by atoms with Crippen molar-refractivity contribution < 1.29 is 9.53 Å². The quantitative estimate of drug-likeness (QED) is 0.761. The minimum absolute atomic E-state index is 0.262. The topological polar surface area (TPSA) is 70.2 Å². The Hall–Kier alpha value is -1.22. The Bertz CT molecular complexity index is 699. The zero-order valence-electron chi connectivity index (χ0n) is 12.3. The van der Waals surface area contributed by atoms with E-state index in [-0.39, 0.29) is 5.91 Å². The molecule has 1 aliphatic rings. The normalized spacial score (nSPS) is 15.6. The van der Waals surface area contributed by atoms with Crippen LogP contribution < -0.4 is 5.32 Å². The van der Waals surface area contributed by atoms with Crippen molar-refractivity contribution in [2.45, 2.75) is 6.54 Å². The zero-order chi connectivity index (χ0) is 16.2. The predicted octanol–water partition coefficient (Wildman–Crippen LogP) is 3.02. The van der Waals surface area contributed by atoms with Crippen LogP contribution in [0.4, 0.5) is 5.69 Å². The highest BCUT2D eigenvalue weighted by atomic mass is 79.9. The summed E-state index contributed by atoms with van der Waals surface area (Å²) >= 11 is 6.60. The predicted molar refractivity (Wildman–Crippen MR) is 94.5 cm³/mol. The largest absolute Gasteiger partial charge is 0.379 e. The van der Waals surface area contributed by atoms with Crippen LogP contribution in [-0.2, 0) is 11.3 Å². The van der Waals surface area contributed by atoms with Crippen molar-refractivity contribution in [3.8, 4) is 0 Å². The second-order valence-electron chi connectivity index (χ2n) is 5.24. The van der Waals surface area contributed by atoms with E-state index in [0.717, 1.165) is 44.1 Å². The van der Waals surface area contributed by atoms with E-state index in [1.807, 2.05) is 18.2 Å². The van der Waals surface area contributed by atoms with Gasteiger partial charge in [-0.05, 0) is 49.6 Å². The number of rotatable bonds is 4. The number of benzene rings is 1. The highest BCUT2D eigenvalue weighted by molar-refractivity contribution is 9.13. The molecule has 122 valence electrons. The van der Waals surface area contributed by atoms with Crippen LogP contribution >= 0.6 is 31.9 Å². The van der Waals surface area contributed by atoms with Crippen LogP contribution in [0.3, 0.4) is 0 Å². The molecular formula is C15H16Br2N4O2. The summed E-state index contributed by atoms with van der Waals surface area (Å²) in [7, 11) is 0. The molecule has 1 saturated heterocycles. The molecule has 0 spiro atoms. The summed E-state index contributed by atoms with van der Waals surface area (Å²) in [4.78, 5) is 14.6. The van der Waals surface area contributed by atoms with E-state index in [2.05, 4.69) is 58.3 Å². The molecular weight excluding hydrogens is 428 g/mol. The number of H-pyrrole nitrogens is 1. The molecule has 0 bridgehead atoms. The molecule has 23 heavy (non-hydrogen) atoms. The third-order valence-electron chi connectivity index (χ3n) is 3.58. The summed E-state index contributed by atoms with van der Waals surface area (Å²) < 4.78 is 6.61. The number of carbonyl (C=O) groups is 1. The van der Waals surface area contributed by atoms with Crippen molar-refractivity contribution >= 4 is 43.5 Å². The van der Waals surface area contributed by atoms with E-state index in [4.69, 9.17) is 4.74 Å². The van der Waals surface area contributed by atoms with Gasteiger partial charge in [0.2, 0.25) is 0 Å². The molecule has 8 heteroatoms. The van der Waals surface area contributed by atoms with Crippen molar-refractivity contribution in [2.24, 2.45) is 0 Å². The first-order chi connectivity index (χ1) is 11.1. The van der Waals surface area contributed by atoms with Crippen molar-refractivity contribution in [1.82, 2.24) is 15.1 Å². The fourth-order valence-corrected chi connectivity index (χ4v) is 3.05. The van der Waals surface area contributed by atoms with Crippen molar-refractivity contribution in [2.75, 3.05) is 31.6 Å². The standard InChI is InChI=1S/C15H16Br2N4O2/c16-12-13(19-20-14(12)17)15(22)18-11-3-1-2-10(8-11)9-21-4-6-23-7-5-21/h1-3,8H,4-7,9H2,(H,18,22)(H,19,20). The molecule has 1 aromatic carbocycles. The number of morpholine rings is 1. The van der Waals surface area contributed by atoms with Gasteiger partial charge in [-0.2, -0.15) is 5.10 Å². The van der Waals surface area contributed by atoms with Crippen LogP contribution in [0.1, 0.15) is 16.1 Å². The number of nitrogens with zero attached hydrogens (tertiary/aromatic N) is 2. The van der Waals surface area contributed by atoms with E-state index in [0.29, 0.717) is 14.8 Å². The average Bonchev–Trinajstić information content (AvgIpc) is 2.88. The minimum Gasteiger partial charge on any atom is -0.379 e. The summed E-state index contributed by atoms with van der Waals surface area (Å²) in [5.74, 6) is -0.262. The third-order valence-corrected chi connectivity index (χ3v) is 5.45. The molecule has 1 amide bonds. The summed E-state index contributed by atoms with van der Waals surface area (Å²) in [5.41, 5.74) is 2.23. The fourth-order valence-electron chi connectivity index (χ4n) is 2.41. The van der Waals surface area contributed by atoms with Crippen LogP contribution in [0, 0.1) is 0 Å². The third kappa shape index (κ3) is 4.20. The second-order valence-corrected chi connectivity index (χ2v) is 6.83. The van der Waals surface area contributed by atoms with Crippen LogP contribution in [-0.4, -0.2) is 47.3 Å². The molecule has 6 nitrogen and oxygen atoms in total. The van der Waals surface area contributed by atoms with Gasteiger partial charge in [-0.25, -0.2) is 0 Å². The second kappa shape index (κ2) is 7.57. The first-order valence-electron chi connectivity index (χ1n) is 7.23. The Morgan fingerprint density at radius 3 is 2.83 bits per heavy atom. The van der Waals surface area contributed by atoms with Crippen LogP contribution in [0.2, 0.25) is 0 Å². The number of ether oxygens (including phenoxy) is 1. The summed E-state index contributed by atoms with van der Waals surface area (Å²) in [6, 6.07) is 7.87. The first kappa shape index (κ1) is 16.6. The number of anilines is 1. The molecule has 2 N–H and O–H groups in total. The number of amides is 1. The summed E-state index contributed by atoms with van der Waals surface area (Å²) in [5, 5.41) is 9.56. The zero-order valence-corrected chi connectivity index (χ0v) is 15.5. The number of halogens is 2. The van der Waals surface area contributed by atoms with Crippen LogP contribution in [0.15, 0.2) is 33.3 Å². The maximum atomic E-state index is 12.3. The van der Waals surface area contributed by atoms with Crippen LogP contribution in [0.5, 0.6) is 0 Å². The highest BCUT2D eigenvalue weighted by Crippen LogP contribution is 2.24. The maximum Gasteiger partial charge on any atom is 0.277 e. The van der Waals surface area contributed by atoms with Gasteiger partial charge in [0.05, 0.1) is 17.7 Å². The highest BCUT2D eigenvalue weighted by Gasteiger charge is 2.17. The lowest BCUT2D eigenvalue weighted by Crippen LogP contribution is -2.35. The smallest absolute Gasteiger partial charge is 0.277 e. The maximum absolute atomic E-state index is 12.3. The lowest BCUT2D eigenvalue weighted by molar-refractivity contribution is 0.0342.